The standard InChI is InChI=1S/C20H30ClN3O/c1-4-24(13-14-25-5-2)12-6-7-16(3)23-19-10-11-22-20-15-17(21)8-9-18(19)20/h8-11,15-16H,4-7,12-14H2,1-3H3,(H,22,23). The Balaban J connectivity index is 1.83. The maximum Gasteiger partial charge on any atom is 0.0737 e. The highest BCUT2D eigenvalue weighted by atomic mass is 35.5. The largest absolute Gasteiger partial charge is 0.382 e. The Labute approximate surface area is 156 Å². The van der Waals surface area contributed by atoms with Crippen molar-refractivity contribution in [3.63, 3.8) is 0 Å². The van der Waals surface area contributed by atoms with Crippen LogP contribution in [0.2, 0.25) is 5.02 Å². The van der Waals surface area contributed by atoms with Crippen molar-refractivity contribution in [1.29, 1.82) is 0 Å². The maximum atomic E-state index is 6.06. The summed E-state index contributed by atoms with van der Waals surface area (Å²) in [5.41, 5.74) is 2.05. The second-order valence-corrected chi connectivity index (χ2v) is 6.78. The summed E-state index contributed by atoms with van der Waals surface area (Å²) < 4.78 is 5.45. The van der Waals surface area contributed by atoms with Gasteiger partial charge in [0.1, 0.15) is 0 Å². The van der Waals surface area contributed by atoms with E-state index in [9.17, 15) is 0 Å². The highest BCUT2D eigenvalue weighted by Crippen LogP contribution is 2.25. The number of halogens is 1. The molecule has 2 rings (SSSR count). The van der Waals surface area contributed by atoms with Gasteiger partial charge in [-0.1, -0.05) is 18.5 Å². The monoisotopic (exact) mass is 363 g/mol. The number of anilines is 1. The van der Waals surface area contributed by atoms with Crippen LogP contribution in [0.25, 0.3) is 10.9 Å². The van der Waals surface area contributed by atoms with E-state index >= 15 is 0 Å². The zero-order valence-electron chi connectivity index (χ0n) is 15.6. The molecule has 0 aliphatic carbocycles. The Hall–Kier alpha value is -1.36. The van der Waals surface area contributed by atoms with Crippen molar-refractivity contribution in [1.82, 2.24) is 9.88 Å². The Kier molecular flexibility index (Phi) is 8.45. The number of ether oxygens (including phenoxy) is 1. The molecule has 0 amide bonds. The molecule has 0 aliphatic rings. The Morgan fingerprint density at radius 1 is 1.24 bits per heavy atom. The van der Waals surface area contributed by atoms with Crippen molar-refractivity contribution < 1.29 is 4.74 Å². The van der Waals surface area contributed by atoms with E-state index in [1.54, 1.807) is 0 Å². The Bertz CT molecular complexity index is 650. The van der Waals surface area contributed by atoms with Crippen molar-refractivity contribution in [2.45, 2.75) is 39.7 Å². The third-order valence-electron chi connectivity index (χ3n) is 4.42. The molecule has 1 N–H and O–H groups in total. The summed E-state index contributed by atoms with van der Waals surface area (Å²) in [6.07, 6.45) is 4.13. The number of aromatic nitrogens is 1. The fourth-order valence-corrected chi connectivity index (χ4v) is 3.14. The van der Waals surface area contributed by atoms with Crippen LogP contribution in [0, 0.1) is 0 Å². The smallest absolute Gasteiger partial charge is 0.0737 e. The van der Waals surface area contributed by atoms with Crippen molar-refractivity contribution in [3.8, 4) is 0 Å². The summed E-state index contributed by atoms with van der Waals surface area (Å²) in [5, 5.41) is 5.46. The van der Waals surface area contributed by atoms with Gasteiger partial charge in [-0.15, -0.1) is 0 Å². The van der Waals surface area contributed by atoms with Crippen LogP contribution in [0.1, 0.15) is 33.6 Å². The van der Waals surface area contributed by atoms with Gasteiger partial charge in [0.15, 0.2) is 0 Å². The van der Waals surface area contributed by atoms with Crippen LogP contribution in [0.4, 0.5) is 5.69 Å². The topological polar surface area (TPSA) is 37.4 Å². The molecule has 1 atom stereocenters. The second-order valence-electron chi connectivity index (χ2n) is 6.34. The molecular weight excluding hydrogens is 334 g/mol. The fraction of sp³-hybridized carbons (Fsp3) is 0.550. The normalized spacial score (nSPS) is 12.7. The molecule has 0 spiro atoms. The van der Waals surface area contributed by atoms with Crippen LogP contribution in [0.15, 0.2) is 30.5 Å². The van der Waals surface area contributed by atoms with Crippen LogP contribution >= 0.6 is 11.6 Å². The zero-order valence-corrected chi connectivity index (χ0v) is 16.4. The lowest BCUT2D eigenvalue weighted by Gasteiger charge is -2.22. The number of rotatable bonds is 11. The van der Waals surface area contributed by atoms with Gasteiger partial charge in [-0.2, -0.15) is 0 Å². The van der Waals surface area contributed by atoms with E-state index < -0.39 is 0 Å². The molecule has 0 saturated carbocycles. The van der Waals surface area contributed by atoms with Crippen molar-refractivity contribution in [2.24, 2.45) is 0 Å². The molecule has 5 heteroatoms. The van der Waals surface area contributed by atoms with Crippen LogP contribution in [0.5, 0.6) is 0 Å². The predicted octanol–water partition coefficient (Wildman–Crippen LogP) is 4.83. The van der Waals surface area contributed by atoms with Gasteiger partial charge in [0.25, 0.3) is 0 Å². The summed E-state index contributed by atoms with van der Waals surface area (Å²) in [4.78, 5) is 6.85. The number of nitrogens with zero attached hydrogens (tertiary/aromatic N) is 2. The van der Waals surface area contributed by atoms with E-state index in [2.05, 4.69) is 29.0 Å². The Morgan fingerprint density at radius 3 is 2.84 bits per heavy atom. The molecule has 2 aromatic rings. The van der Waals surface area contributed by atoms with Gasteiger partial charge in [0, 0.05) is 41.5 Å². The van der Waals surface area contributed by atoms with Crippen molar-refractivity contribution in [2.75, 3.05) is 38.2 Å². The first-order chi connectivity index (χ1) is 12.1. The molecule has 138 valence electrons. The highest BCUT2D eigenvalue weighted by Gasteiger charge is 2.08. The second kappa shape index (κ2) is 10.6. The van der Waals surface area contributed by atoms with E-state index in [1.165, 1.54) is 6.42 Å². The number of benzene rings is 1. The minimum absolute atomic E-state index is 0.409. The van der Waals surface area contributed by atoms with Crippen LogP contribution in [-0.4, -0.2) is 48.8 Å². The SMILES string of the molecule is CCOCCN(CC)CCCC(C)Nc1ccnc2cc(Cl)ccc12. The lowest BCUT2D eigenvalue weighted by Crippen LogP contribution is -2.29. The van der Waals surface area contributed by atoms with Gasteiger partial charge in [-0.05, 0) is 64.0 Å². The van der Waals surface area contributed by atoms with Crippen molar-refractivity contribution in [3.05, 3.63) is 35.5 Å². The highest BCUT2D eigenvalue weighted by molar-refractivity contribution is 6.31. The average Bonchev–Trinajstić information content (AvgIpc) is 2.60. The summed E-state index contributed by atoms with van der Waals surface area (Å²) in [6.45, 7) is 11.3. The Morgan fingerprint density at radius 2 is 2.08 bits per heavy atom. The van der Waals surface area contributed by atoms with Crippen LogP contribution in [0.3, 0.4) is 0 Å². The summed E-state index contributed by atoms with van der Waals surface area (Å²) in [6, 6.07) is 8.30. The first-order valence-corrected chi connectivity index (χ1v) is 9.62. The van der Waals surface area contributed by atoms with Gasteiger partial charge < -0.3 is 15.0 Å². The maximum absolute atomic E-state index is 6.06. The molecule has 1 aromatic heterocycles. The average molecular weight is 364 g/mol. The molecule has 4 nitrogen and oxygen atoms in total. The van der Waals surface area contributed by atoms with Gasteiger partial charge >= 0.3 is 0 Å². The third-order valence-corrected chi connectivity index (χ3v) is 4.66. The lowest BCUT2D eigenvalue weighted by molar-refractivity contribution is 0.114. The van der Waals surface area contributed by atoms with E-state index in [0.29, 0.717) is 6.04 Å². The lowest BCUT2D eigenvalue weighted by atomic mass is 10.1. The molecule has 0 aliphatic heterocycles. The number of nitrogens with one attached hydrogen (secondary N) is 1. The van der Waals surface area contributed by atoms with E-state index in [0.717, 1.165) is 60.9 Å². The summed E-state index contributed by atoms with van der Waals surface area (Å²) in [7, 11) is 0. The number of hydrogen-bond acceptors (Lipinski definition) is 4. The molecule has 0 saturated heterocycles. The fourth-order valence-electron chi connectivity index (χ4n) is 2.97. The molecule has 1 unspecified atom stereocenters. The van der Waals surface area contributed by atoms with E-state index in [-0.39, 0.29) is 0 Å². The number of pyridine rings is 1. The third kappa shape index (κ3) is 6.46. The molecule has 1 aromatic carbocycles. The van der Waals surface area contributed by atoms with Gasteiger partial charge in [-0.25, -0.2) is 0 Å². The molecule has 0 bridgehead atoms. The van der Waals surface area contributed by atoms with Crippen LogP contribution < -0.4 is 5.32 Å². The van der Waals surface area contributed by atoms with Crippen molar-refractivity contribution >= 4 is 28.2 Å². The summed E-state index contributed by atoms with van der Waals surface area (Å²) >= 11 is 6.06. The number of fused-ring (bicyclic) bond motifs is 1. The predicted molar refractivity (Wildman–Crippen MR) is 108 cm³/mol. The van der Waals surface area contributed by atoms with E-state index in [4.69, 9.17) is 16.3 Å². The van der Waals surface area contributed by atoms with E-state index in [1.807, 2.05) is 37.4 Å². The molecule has 25 heavy (non-hydrogen) atoms. The molecule has 0 radical (unpaired) electrons. The van der Waals surface area contributed by atoms with Gasteiger partial charge in [0.05, 0.1) is 12.1 Å². The zero-order chi connectivity index (χ0) is 18.1. The quantitative estimate of drug-likeness (QED) is 0.580. The number of likely N-dealkylation sites (N-methyl/N-ethyl adjacent to an activating group) is 1. The van der Waals surface area contributed by atoms with Crippen LogP contribution in [-0.2, 0) is 4.74 Å². The molecule has 1 heterocycles. The molecule has 0 fully saturated rings. The molecular formula is C20H30ClN3O. The van der Waals surface area contributed by atoms with Gasteiger partial charge in [-0.3, -0.25) is 4.98 Å². The first kappa shape index (κ1) is 20.0. The first-order valence-electron chi connectivity index (χ1n) is 9.25. The van der Waals surface area contributed by atoms with Gasteiger partial charge in [0.2, 0.25) is 0 Å². The summed E-state index contributed by atoms with van der Waals surface area (Å²) in [5.74, 6) is 0. The minimum atomic E-state index is 0.409. The minimum Gasteiger partial charge on any atom is -0.382 e. The number of hydrogen-bond donors (Lipinski definition) is 1.